The van der Waals surface area contributed by atoms with Crippen molar-refractivity contribution in [3.63, 3.8) is 0 Å². The van der Waals surface area contributed by atoms with Crippen LogP contribution in [0.2, 0.25) is 0 Å². The fourth-order valence-corrected chi connectivity index (χ4v) is 11.1. The Hall–Kier alpha value is -6.52. The molecule has 0 aliphatic rings. The Labute approximate surface area is 325 Å². The minimum absolute atomic E-state index is 1.16. The van der Waals surface area contributed by atoms with Crippen LogP contribution in [0.1, 0.15) is 0 Å². The molecule has 55 heavy (non-hydrogen) atoms. The monoisotopic (exact) mass is 733 g/mol. The molecule has 0 saturated heterocycles. The average molecular weight is 734 g/mol. The van der Waals surface area contributed by atoms with Crippen molar-refractivity contribution in [2.24, 2.45) is 0 Å². The van der Waals surface area contributed by atoms with Crippen LogP contribution >= 0.6 is 22.7 Å². The van der Waals surface area contributed by atoms with E-state index in [4.69, 9.17) is 0 Å². The Bertz CT molecular complexity index is 3490. The molecule has 12 rings (SSSR count). The Morgan fingerprint density at radius 3 is 1.85 bits per heavy atom. The van der Waals surface area contributed by atoms with Crippen LogP contribution in [0.15, 0.2) is 188 Å². The van der Waals surface area contributed by atoms with E-state index < -0.39 is 0 Å². The highest BCUT2D eigenvalue weighted by Gasteiger charge is 2.22. The molecule has 0 bridgehead atoms. The summed E-state index contributed by atoms with van der Waals surface area (Å²) in [5.74, 6) is 0. The van der Waals surface area contributed by atoms with E-state index in [1.54, 1.807) is 0 Å². The van der Waals surface area contributed by atoms with Gasteiger partial charge in [-0.15, -0.1) is 22.7 Å². The number of nitrogens with zero attached hydrogens (tertiary/aromatic N) is 1. The maximum Gasteiger partial charge on any atom is 0.0720 e. The predicted octanol–water partition coefficient (Wildman–Crippen LogP) is 15.7. The number of aromatic nitrogens is 1. The van der Waals surface area contributed by atoms with Gasteiger partial charge in [-0.2, -0.15) is 0 Å². The maximum atomic E-state index is 2.54. The lowest BCUT2D eigenvalue weighted by atomic mass is 9.95. The third kappa shape index (κ3) is 4.77. The van der Waals surface area contributed by atoms with Crippen molar-refractivity contribution in [3.8, 4) is 39.1 Å². The lowest BCUT2D eigenvalue weighted by Crippen LogP contribution is -1.96. The Balaban J connectivity index is 1.19. The first-order chi connectivity index (χ1) is 27.2. The molecule has 0 aliphatic heterocycles. The summed E-state index contributed by atoms with van der Waals surface area (Å²) in [6.45, 7) is 0. The van der Waals surface area contributed by atoms with E-state index in [1.807, 2.05) is 22.7 Å². The molecule has 0 atom stereocenters. The SMILES string of the molecule is c1ccc(-c2cc(-c3ccc4ccccc4c3)cc(-n3c4ccccc4c4cc(-c5ccc6sc7ccccc7c6c5)c5c6ccccc6sc5c43)c2)cc1. The van der Waals surface area contributed by atoms with E-state index in [-0.39, 0.29) is 0 Å². The number of benzene rings is 9. The zero-order valence-electron chi connectivity index (χ0n) is 29.7. The zero-order valence-corrected chi connectivity index (χ0v) is 31.3. The summed E-state index contributed by atoms with van der Waals surface area (Å²) in [5.41, 5.74) is 11.0. The van der Waals surface area contributed by atoms with Crippen LogP contribution in [0.25, 0.3) is 112 Å². The molecule has 0 saturated carbocycles. The van der Waals surface area contributed by atoms with Gasteiger partial charge in [-0.25, -0.2) is 0 Å². The first-order valence-electron chi connectivity index (χ1n) is 18.7. The fourth-order valence-electron chi connectivity index (χ4n) is 8.79. The summed E-state index contributed by atoms with van der Waals surface area (Å²) in [4.78, 5) is 0. The molecular formula is C52H31NS2. The predicted molar refractivity (Wildman–Crippen MR) is 240 cm³/mol. The van der Waals surface area contributed by atoms with Gasteiger partial charge in [-0.1, -0.05) is 127 Å². The molecule has 3 heteroatoms. The van der Waals surface area contributed by atoms with Gasteiger partial charge in [0.25, 0.3) is 0 Å². The van der Waals surface area contributed by atoms with Gasteiger partial charge >= 0.3 is 0 Å². The van der Waals surface area contributed by atoms with Gasteiger partial charge in [0.2, 0.25) is 0 Å². The van der Waals surface area contributed by atoms with Crippen molar-refractivity contribution in [2.75, 3.05) is 0 Å². The highest BCUT2D eigenvalue weighted by Crippen LogP contribution is 2.49. The molecule has 1 nitrogen and oxygen atoms in total. The van der Waals surface area contributed by atoms with Crippen molar-refractivity contribution in [1.82, 2.24) is 4.57 Å². The van der Waals surface area contributed by atoms with Crippen LogP contribution in [0, 0.1) is 0 Å². The van der Waals surface area contributed by atoms with Crippen molar-refractivity contribution < 1.29 is 0 Å². The fraction of sp³-hybridized carbons (Fsp3) is 0. The molecule has 9 aromatic carbocycles. The second-order valence-corrected chi connectivity index (χ2v) is 16.6. The van der Waals surface area contributed by atoms with Crippen molar-refractivity contribution in [1.29, 1.82) is 0 Å². The average Bonchev–Trinajstić information content (AvgIpc) is 3.93. The van der Waals surface area contributed by atoms with E-state index >= 15 is 0 Å². The second kappa shape index (κ2) is 12.0. The van der Waals surface area contributed by atoms with E-state index in [2.05, 4.69) is 193 Å². The molecule has 0 radical (unpaired) electrons. The lowest BCUT2D eigenvalue weighted by Gasteiger charge is -2.15. The highest BCUT2D eigenvalue weighted by atomic mass is 32.1. The van der Waals surface area contributed by atoms with E-state index in [0.29, 0.717) is 0 Å². The molecule has 3 heterocycles. The molecule has 0 N–H and O–H groups in total. The molecule has 0 aliphatic carbocycles. The van der Waals surface area contributed by atoms with Crippen LogP contribution < -0.4 is 0 Å². The van der Waals surface area contributed by atoms with Crippen LogP contribution in [0.4, 0.5) is 0 Å². The van der Waals surface area contributed by atoms with Crippen LogP contribution in [0.3, 0.4) is 0 Å². The quantitative estimate of drug-likeness (QED) is 0.170. The van der Waals surface area contributed by atoms with Crippen molar-refractivity contribution in [2.45, 2.75) is 0 Å². The summed E-state index contributed by atoms with van der Waals surface area (Å²) in [5, 5.41) is 10.3. The summed E-state index contributed by atoms with van der Waals surface area (Å²) < 4.78 is 7.82. The van der Waals surface area contributed by atoms with Crippen LogP contribution in [-0.4, -0.2) is 4.57 Å². The second-order valence-electron chi connectivity index (χ2n) is 14.5. The number of hydrogen-bond donors (Lipinski definition) is 0. The van der Waals surface area contributed by atoms with Crippen molar-refractivity contribution >= 4 is 95.6 Å². The summed E-state index contributed by atoms with van der Waals surface area (Å²) >= 11 is 3.79. The molecule has 0 spiro atoms. The summed E-state index contributed by atoms with van der Waals surface area (Å²) in [6, 6.07) is 69.7. The molecule has 0 unspecified atom stereocenters. The van der Waals surface area contributed by atoms with Crippen LogP contribution in [0.5, 0.6) is 0 Å². The standard InChI is InChI=1S/C52H31NS2/c1-2-12-32(13-3-1)37-27-38(35-23-22-33-14-4-5-15-34(33)26-35)29-39(28-37)53-46-19-9-6-16-40(46)45-31-43(50-42-18-8-11-21-48(42)55-52(50)51(45)53)36-24-25-49-44(30-36)41-17-7-10-20-47(41)54-49/h1-31H. The molecule has 256 valence electrons. The molecule has 0 amide bonds. The molecular weight excluding hydrogens is 703 g/mol. The highest BCUT2D eigenvalue weighted by molar-refractivity contribution is 7.27. The molecule has 0 fully saturated rings. The third-order valence-electron chi connectivity index (χ3n) is 11.3. The van der Waals surface area contributed by atoms with Crippen LogP contribution in [-0.2, 0) is 0 Å². The van der Waals surface area contributed by atoms with E-state index in [1.165, 1.54) is 106 Å². The number of rotatable bonds is 4. The van der Waals surface area contributed by atoms with Crippen molar-refractivity contribution in [3.05, 3.63) is 188 Å². The van der Waals surface area contributed by atoms with Gasteiger partial charge < -0.3 is 4.57 Å². The first-order valence-corrected chi connectivity index (χ1v) is 20.4. The molecule has 12 aromatic rings. The van der Waals surface area contributed by atoms with Gasteiger partial charge in [0.1, 0.15) is 0 Å². The number of para-hydroxylation sites is 1. The van der Waals surface area contributed by atoms with Gasteiger partial charge in [-0.3, -0.25) is 0 Å². The smallest absolute Gasteiger partial charge is 0.0720 e. The number of thiophene rings is 2. The largest absolute Gasteiger partial charge is 0.308 e. The topological polar surface area (TPSA) is 4.93 Å². The minimum Gasteiger partial charge on any atom is -0.308 e. The maximum absolute atomic E-state index is 2.54. The number of hydrogen-bond acceptors (Lipinski definition) is 2. The molecule has 3 aromatic heterocycles. The zero-order chi connectivity index (χ0) is 36.0. The normalized spacial score (nSPS) is 12.0. The van der Waals surface area contributed by atoms with Gasteiger partial charge in [0.05, 0.1) is 15.7 Å². The Morgan fingerprint density at radius 1 is 0.345 bits per heavy atom. The Morgan fingerprint density at radius 2 is 1.00 bits per heavy atom. The third-order valence-corrected chi connectivity index (χ3v) is 13.7. The Kier molecular flexibility index (Phi) is 6.74. The van der Waals surface area contributed by atoms with Gasteiger partial charge in [-0.05, 0) is 105 Å². The number of fused-ring (bicyclic) bond motifs is 11. The summed E-state index contributed by atoms with van der Waals surface area (Å²) in [6.07, 6.45) is 0. The van der Waals surface area contributed by atoms with Gasteiger partial charge in [0.15, 0.2) is 0 Å². The summed E-state index contributed by atoms with van der Waals surface area (Å²) in [7, 11) is 0. The first kappa shape index (κ1) is 30.9. The van der Waals surface area contributed by atoms with Gasteiger partial charge in [0, 0.05) is 52.1 Å². The minimum atomic E-state index is 1.16. The lowest BCUT2D eigenvalue weighted by molar-refractivity contribution is 1.19. The van der Waals surface area contributed by atoms with E-state index in [9.17, 15) is 0 Å². The van der Waals surface area contributed by atoms with E-state index in [0.717, 1.165) is 5.69 Å².